The fourth-order valence-electron chi connectivity index (χ4n) is 3.67. The Morgan fingerprint density at radius 3 is 2.33 bits per heavy atom. The molecule has 1 aliphatic rings. The summed E-state index contributed by atoms with van der Waals surface area (Å²) in [5.41, 5.74) is 4.39. The summed E-state index contributed by atoms with van der Waals surface area (Å²) in [5.74, 6) is 0.137. The lowest BCUT2D eigenvalue weighted by Gasteiger charge is -2.36. The van der Waals surface area contributed by atoms with Gasteiger partial charge in [-0.15, -0.1) is 0 Å². The molecule has 1 fully saturated rings. The van der Waals surface area contributed by atoms with Crippen LogP contribution in [-0.2, 0) is 24.9 Å². The van der Waals surface area contributed by atoms with Crippen LogP contribution >= 0.6 is 15.9 Å². The molecule has 0 aromatic carbocycles. The maximum Gasteiger partial charge on any atom is 0.227 e. The number of amides is 1. The van der Waals surface area contributed by atoms with Gasteiger partial charge in [0.2, 0.25) is 5.91 Å². The zero-order valence-corrected chi connectivity index (χ0v) is 18.5. The predicted molar refractivity (Wildman–Crippen MR) is 108 cm³/mol. The molecule has 0 bridgehead atoms. The molecule has 148 valence electrons. The number of carbonyl (C=O) groups is 1. The molecule has 1 atom stereocenters. The Kier molecular flexibility index (Phi) is 6.05. The van der Waals surface area contributed by atoms with Gasteiger partial charge in [-0.2, -0.15) is 10.2 Å². The maximum absolute atomic E-state index is 12.9. The lowest BCUT2D eigenvalue weighted by Crippen LogP contribution is -2.50. The van der Waals surface area contributed by atoms with E-state index >= 15 is 0 Å². The first kappa shape index (κ1) is 20.1. The van der Waals surface area contributed by atoms with Crippen LogP contribution in [0.15, 0.2) is 10.7 Å². The summed E-state index contributed by atoms with van der Waals surface area (Å²) in [6.07, 6.45) is 2.08. The second-order valence-electron chi connectivity index (χ2n) is 7.58. The number of aromatic nitrogens is 4. The van der Waals surface area contributed by atoms with Gasteiger partial charge < -0.3 is 4.90 Å². The molecule has 1 aliphatic heterocycles. The number of aryl methyl sites for hydroxylation is 3. The van der Waals surface area contributed by atoms with Crippen molar-refractivity contribution >= 4 is 21.8 Å². The Hall–Kier alpha value is -1.67. The molecular weight excluding hydrogens is 408 g/mol. The van der Waals surface area contributed by atoms with Crippen LogP contribution in [0, 0.1) is 26.7 Å². The zero-order chi connectivity index (χ0) is 19.7. The summed E-state index contributed by atoms with van der Waals surface area (Å²) in [7, 11) is 1.95. The molecule has 1 amide bonds. The van der Waals surface area contributed by atoms with Crippen LogP contribution < -0.4 is 0 Å². The first-order chi connectivity index (χ1) is 12.8. The van der Waals surface area contributed by atoms with Gasteiger partial charge in [-0.05, 0) is 36.7 Å². The summed E-state index contributed by atoms with van der Waals surface area (Å²) in [4.78, 5) is 17.3. The van der Waals surface area contributed by atoms with Crippen LogP contribution in [0.1, 0.15) is 29.6 Å². The topological polar surface area (TPSA) is 59.2 Å². The maximum atomic E-state index is 12.9. The molecule has 8 heteroatoms. The second-order valence-corrected chi connectivity index (χ2v) is 8.38. The number of hydrogen-bond donors (Lipinski definition) is 0. The van der Waals surface area contributed by atoms with Crippen LogP contribution in [0.2, 0.25) is 0 Å². The summed E-state index contributed by atoms with van der Waals surface area (Å²) in [6, 6.07) is 0. The highest BCUT2D eigenvalue weighted by molar-refractivity contribution is 9.10. The standard InChI is InChI=1S/C19H29BrN6O/c1-13(10-26-16(4)18(20)15(3)22-26)19(27)25-8-6-24(7-9-25)12-17-11-23(5)21-14(17)2/h11,13H,6-10,12H2,1-5H3. The Morgan fingerprint density at radius 2 is 1.81 bits per heavy atom. The van der Waals surface area contributed by atoms with Crippen molar-refractivity contribution in [1.82, 2.24) is 29.4 Å². The van der Waals surface area contributed by atoms with Crippen LogP contribution in [0.25, 0.3) is 0 Å². The van der Waals surface area contributed by atoms with Gasteiger partial charge in [0, 0.05) is 57.2 Å². The van der Waals surface area contributed by atoms with Gasteiger partial charge in [-0.1, -0.05) is 6.92 Å². The van der Waals surface area contributed by atoms with Crippen LogP contribution in [0.5, 0.6) is 0 Å². The van der Waals surface area contributed by atoms with Crippen molar-refractivity contribution in [3.8, 4) is 0 Å². The molecule has 0 spiro atoms. The lowest BCUT2D eigenvalue weighted by molar-refractivity contribution is -0.137. The molecule has 0 radical (unpaired) electrons. The van der Waals surface area contributed by atoms with Gasteiger partial charge in [-0.25, -0.2) is 0 Å². The van der Waals surface area contributed by atoms with E-state index in [1.165, 1.54) is 5.56 Å². The van der Waals surface area contributed by atoms with E-state index in [1.807, 2.05) is 49.0 Å². The number of halogens is 1. The Balaban J connectivity index is 1.53. The van der Waals surface area contributed by atoms with E-state index in [4.69, 9.17) is 0 Å². The summed E-state index contributed by atoms with van der Waals surface area (Å²) >= 11 is 3.55. The van der Waals surface area contributed by atoms with E-state index in [2.05, 4.69) is 37.2 Å². The van der Waals surface area contributed by atoms with Crippen molar-refractivity contribution in [2.24, 2.45) is 13.0 Å². The molecule has 1 saturated heterocycles. The third-order valence-electron chi connectivity index (χ3n) is 5.35. The first-order valence-electron chi connectivity index (χ1n) is 9.46. The Bertz CT molecular complexity index is 819. The summed E-state index contributed by atoms with van der Waals surface area (Å²) in [6.45, 7) is 12.9. The number of piperazine rings is 1. The number of carbonyl (C=O) groups excluding carboxylic acids is 1. The van der Waals surface area contributed by atoms with Crippen molar-refractivity contribution in [3.05, 3.63) is 33.3 Å². The first-order valence-corrected chi connectivity index (χ1v) is 10.2. The smallest absolute Gasteiger partial charge is 0.227 e. The lowest BCUT2D eigenvalue weighted by atomic mass is 10.1. The highest BCUT2D eigenvalue weighted by Gasteiger charge is 2.26. The molecule has 2 aromatic rings. The fourth-order valence-corrected chi connectivity index (χ4v) is 3.96. The molecule has 7 nitrogen and oxygen atoms in total. The van der Waals surface area contributed by atoms with Gasteiger partial charge in [0.25, 0.3) is 0 Å². The Labute approximate surface area is 169 Å². The minimum Gasteiger partial charge on any atom is -0.340 e. The van der Waals surface area contributed by atoms with Gasteiger partial charge in [0.1, 0.15) is 0 Å². The normalized spacial score (nSPS) is 16.7. The minimum absolute atomic E-state index is 0.0815. The van der Waals surface area contributed by atoms with Gasteiger partial charge in [-0.3, -0.25) is 19.1 Å². The molecule has 0 N–H and O–H groups in total. The molecule has 3 heterocycles. The molecule has 0 aliphatic carbocycles. The third kappa shape index (κ3) is 4.43. The van der Waals surface area contributed by atoms with Crippen LogP contribution in [0.3, 0.4) is 0 Å². The molecule has 2 aromatic heterocycles. The second kappa shape index (κ2) is 8.14. The average molecular weight is 437 g/mol. The highest BCUT2D eigenvalue weighted by Crippen LogP contribution is 2.21. The predicted octanol–water partition coefficient (Wildman–Crippen LogP) is 2.28. The van der Waals surface area contributed by atoms with Crippen molar-refractivity contribution in [3.63, 3.8) is 0 Å². The SMILES string of the molecule is Cc1nn(C)cc1CN1CCN(C(=O)C(C)Cn2nc(C)c(Br)c2C)CC1. The largest absolute Gasteiger partial charge is 0.340 e. The number of hydrogen-bond acceptors (Lipinski definition) is 4. The van der Waals surface area contributed by atoms with Crippen molar-refractivity contribution in [1.29, 1.82) is 0 Å². The van der Waals surface area contributed by atoms with E-state index < -0.39 is 0 Å². The zero-order valence-electron chi connectivity index (χ0n) is 16.9. The van der Waals surface area contributed by atoms with E-state index in [0.717, 1.165) is 54.3 Å². The van der Waals surface area contributed by atoms with Crippen LogP contribution in [-0.4, -0.2) is 61.4 Å². The van der Waals surface area contributed by atoms with Crippen LogP contribution in [0.4, 0.5) is 0 Å². The minimum atomic E-state index is -0.0815. The average Bonchev–Trinajstić information content (AvgIpc) is 3.07. The van der Waals surface area contributed by atoms with Crippen molar-refractivity contribution in [2.45, 2.75) is 40.8 Å². The van der Waals surface area contributed by atoms with Crippen molar-refractivity contribution in [2.75, 3.05) is 26.2 Å². The van der Waals surface area contributed by atoms with Crippen molar-refractivity contribution < 1.29 is 4.79 Å². The van der Waals surface area contributed by atoms with Gasteiger partial charge in [0.15, 0.2) is 0 Å². The molecule has 1 unspecified atom stereocenters. The van der Waals surface area contributed by atoms with E-state index in [-0.39, 0.29) is 11.8 Å². The quantitative estimate of drug-likeness (QED) is 0.721. The molecule has 3 rings (SSSR count). The van der Waals surface area contributed by atoms with E-state index in [9.17, 15) is 4.79 Å². The molecule has 0 saturated carbocycles. The molecule has 27 heavy (non-hydrogen) atoms. The fraction of sp³-hybridized carbons (Fsp3) is 0.632. The number of nitrogens with zero attached hydrogens (tertiary/aromatic N) is 6. The van der Waals surface area contributed by atoms with E-state index in [0.29, 0.717) is 6.54 Å². The monoisotopic (exact) mass is 436 g/mol. The highest BCUT2D eigenvalue weighted by atomic mass is 79.9. The summed E-state index contributed by atoms with van der Waals surface area (Å²) < 4.78 is 4.83. The molecular formula is C19H29BrN6O. The Morgan fingerprint density at radius 1 is 1.15 bits per heavy atom. The van der Waals surface area contributed by atoms with Gasteiger partial charge >= 0.3 is 0 Å². The van der Waals surface area contributed by atoms with E-state index in [1.54, 1.807) is 0 Å². The number of rotatable bonds is 5. The summed E-state index contributed by atoms with van der Waals surface area (Å²) in [5, 5.41) is 8.94. The van der Waals surface area contributed by atoms with Gasteiger partial charge in [0.05, 0.1) is 28.3 Å². The third-order valence-corrected chi connectivity index (χ3v) is 6.50.